The first-order valence-electron chi connectivity index (χ1n) is 4.87. The van der Waals surface area contributed by atoms with Crippen molar-refractivity contribution in [3.8, 4) is 5.75 Å². The zero-order valence-electron chi connectivity index (χ0n) is 8.29. The van der Waals surface area contributed by atoms with Gasteiger partial charge in [0, 0.05) is 19.2 Å². The van der Waals surface area contributed by atoms with Gasteiger partial charge in [0.1, 0.15) is 12.4 Å². The molecule has 1 aliphatic heterocycles. The van der Waals surface area contributed by atoms with Gasteiger partial charge in [-0.15, -0.1) is 0 Å². The van der Waals surface area contributed by atoms with E-state index in [0.717, 1.165) is 24.6 Å². The minimum atomic E-state index is 0.522. The molecule has 0 aliphatic carbocycles. The maximum absolute atomic E-state index is 5.59. The zero-order valence-corrected chi connectivity index (χ0v) is 8.29. The molecule has 0 amide bonds. The molecule has 76 valence electrons. The minimum Gasteiger partial charge on any atom is -0.490 e. The number of hydrogen-bond donors (Lipinski definition) is 2. The fourth-order valence-corrected chi connectivity index (χ4v) is 1.32. The second-order valence-corrected chi connectivity index (χ2v) is 3.41. The maximum atomic E-state index is 5.59. The van der Waals surface area contributed by atoms with Gasteiger partial charge in [0.15, 0.2) is 0 Å². The summed E-state index contributed by atoms with van der Waals surface area (Å²) in [5, 5.41) is 6.31. The molecule has 14 heavy (non-hydrogen) atoms. The zero-order chi connectivity index (χ0) is 9.80. The van der Waals surface area contributed by atoms with Crippen LogP contribution in [-0.2, 0) is 0 Å². The highest BCUT2D eigenvalue weighted by atomic mass is 16.5. The Morgan fingerprint density at radius 3 is 3.14 bits per heavy atom. The summed E-state index contributed by atoms with van der Waals surface area (Å²) >= 11 is 0. The molecular formula is C10H15N3O. The number of rotatable bonds is 4. The minimum absolute atomic E-state index is 0.522. The van der Waals surface area contributed by atoms with E-state index in [1.54, 1.807) is 12.4 Å². The molecule has 1 unspecified atom stereocenters. The summed E-state index contributed by atoms with van der Waals surface area (Å²) in [5.41, 5.74) is 0.976. The number of hydrogen-bond acceptors (Lipinski definition) is 4. The van der Waals surface area contributed by atoms with Crippen molar-refractivity contribution in [2.45, 2.75) is 12.5 Å². The van der Waals surface area contributed by atoms with Crippen LogP contribution in [0.3, 0.4) is 0 Å². The highest BCUT2D eigenvalue weighted by Gasteiger charge is 2.16. The molecule has 0 aromatic carbocycles. The quantitative estimate of drug-likeness (QED) is 0.744. The van der Waals surface area contributed by atoms with Gasteiger partial charge in [-0.2, -0.15) is 0 Å². The molecular weight excluding hydrogens is 178 g/mol. The average molecular weight is 193 g/mol. The lowest BCUT2D eigenvalue weighted by atomic mass is 10.1. The monoisotopic (exact) mass is 193 g/mol. The third-order valence-corrected chi connectivity index (χ3v) is 2.38. The molecule has 2 heterocycles. The largest absolute Gasteiger partial charge is 0.490 e. The van der Waals surface area contributed by atoms with Crippen molar-refractivity contribution < 1.29 is 4.74 Å². The van der Waals surface area contributed by atoms with E-state index in [4.69, 9.17) is 4.74 Å². The molecule has 1 aromatic rings. The van der Waals surface area contributed by atoms with Gasteiger partial charge in [-0.25, -0.2) is 0 Å². The van der Waals surface area contributed by atoms with Crippen LogP contribution in [0.1, 0.15) is 6.42 Å². The van der Waals surface area contributed by atoms with Crippen molar-refractivity contribution in [3.63, 3.8) is 0 Å². The normalized spacial score (nSPS) is 19.9. The van der Waals surface area contributed by atoms with Crippen LogP contribution in [0, 0.1) is 0 Å². The fraction of sp³-hybridized carbons (Fsp3) is 0.500. The number of pyridine rings is 1. The van der Waals surface area contributed by atoms with Crippen LogP contribution in [-0.4, -0.2) is 31.2 Å². The Kier molecular flexibility index (Phi) is 2.84. The third-order valence-electron chi connectivity index (χ3n) is 2.38. The molecule has 2 rings (SSSR count). The molecule has 4 heteroatoms. The van der Waals surface area contributed by atoms with Crippen molar-refractivity contribution in [1.29, 1.82) is 0 Å². The SMILES string of the molecule is CNc1cncc(OCC2CCN2)c1. The molecule has 1 aromatic heterocycles. The van der Waals surface area contributed by atoms with Gasteiger partial charge in [0.25, 0.3) is 0 Å². The van der Waals surface area contributed by atoms with Crippen molar-refractivity contribution in [2.24, 2.45) is 0 Å². The molecule has 1 aliphatic rings. The molecule has 1 saturated heterocycles. The predicted octanol–water partition coefficient (Wildman–Crippen LogP) is 0.864. The number of ether oxygens (including phenoxy) is 1. The average Bonchev–Trinajstić information content (AvgIpc) is 2.16. The molecule has 0 spiro atoms. The lowest BCUT2D eigenvalue weighted by molar-refractivity contribution is 0.217. The summed E-state index contributed by atoms with van der Waals surface area (Å²) in [4.78, 5) is 4.07. The van der Waals surface area contributed by atoms with Crippen LogP contribution in [0.15, 0.2) is 18.5 Å². The van der Waals surface area contributed by atoms with E-state index in [9.17, 15) is 0 Å². The van der Waals surface area contributed by atoms with Crippen LogP contribution < -0.4 is 15.4 Å². The molecule has 1 atom stereocenters. The Bertz CT molecular complexity index is 299. The molecule has 1 fully saturated rings. The van der Waals surface area contributed by atoms with Gasteiger partial charge in [-0.05, 0) is 13.0 Å². The summed E-state index contributed by atoms with van der Waals surface area (Å²) < 4.78 is 5.59. The van der Waals surface area contributed by atoms with Gasteiger partial charge >= 0.3 is 0 Å². The van der Waals surface area contributed by atoms with E-state index in [1.165, 1.54) is 6.42 Å². The highest BCUT2D eigenvalue weighted by molar-refractivity contribution is 5.44. The summed E-state index contributed by atoms with van der Waals surface area (Å²) in [7, 11) is 1.87. The van der Waals surface area contributed by atoms with Crippen molar-refractivity contribution >= 4 is 5.69 Å². The Labute approximate surface area is 83.7 Å². The second-order valence-electron chi connectivity index (χ2n) is 3.41. The number of nitrogens with zero attached hydrogens (tertiary/aromatic N) is 1. The third kappa shape index (κ3) is 2.14. The Morgan fingerprint density at radius 1 is 1.64 bits per heavy atom. The lowest BCUT2D eigenvalue weighted by Gasteiger charge is -2.27. The van der Waals surface area contributed by atoms with Gasteiger partial charge in [0.2, 0.25) is 0 Å². The standard InChI is InChI=1S/C10H15N3O/c1-11-9-4-10(6-12-5-9)14-7-8-2-3-13-8/h4-6,8,11,13H,2-3,7H2,1H3. The number of anilines is 1. The van der Waals surface area contributed by atoms with Crippen LogP contribution >= 0.6 is 0 Å². The molecule has 4 nitrogen and oxygen atoms in total. The Morgan fingerprint density at radius 2 is 2.50 bits per heavy atom. The fourth-order valence-electron chi connectivity index (χ4n) is 1.32. The first kappa shape index (κ1) is 9.27. The molecule has 0 saturated carbocycles. The van der Waals surface area contributed by atoms with E-state index < -0.39 is 0 Å². The van der Waals surface area contributed by atoms with Gasteiger partial charge in [0.05, 0.1) is 18.1 Å². The molecule has 0 radical (unpaired) electrons. The van der Waals surface area contributed by atoms with Crippen LogP contribution in [0.2, 0.25) is 0 Å². The molecule has 2 N–H and O–H groups in total. The second kappa shape index (κ2) is 4.28. The summed E-state index contributed by atoms with van der Waals surface area (Å²) in [6, 6.07) is 2.47. The van der Waals surface area contributed by atoms with Crippen LogP contribution in [0.25, 0.3) is 0 Å². The van der Waals surface area contributed by atoms with Crippen LogP contribution in [0.5, 0.6) is 5.75 Å². The summed E-state index contributed by atoms with van der Waals surface area (Å²) in [5.74, 6) is 0.825. The Hall–Kier alpha value is -1.29. The van der Waals surface area contributed by atoms with E-state index >= 15 is 0 Å². The smallest absolute Gasteiger partial charge is 0.139 e. The van der Waals surface area contributed by atoms with Crippen LogP contribution in [0.4, 0.5) is 5.69 Å². The van der Waals surface area contributed by atoms with Crippen molar-refractivity contribution in [2.75, 3.05) is 25.5 Å². The van der Waals surface area contributed by atoms with E-state index in [0.29, 0.717) is 6.04 Å². The number of nitrogens with one attached hydrogen (secondary N) is 2. The number of aromatic nitrogens is 1. The van der Waals surface area contributed by atoms with E-state index in [2.05, 4.69) is 15.6 Å². The van der Waals surface area contributed by atoms with E-state index in [-0.39, 0.29) is 0 Å². The lowest BCUT2D eigenvalue weighted by Crippen LogP contribution is -2.46. The topological polar surface area (TPSA) is 46.2 Å². The first-order valence-corrected chi connectivity index (χ1v) is 4.87. The van der Waals surface area contributed by atoms with Gasteiger partial charge in [-0.3, -0.25) is 4.98 Å². The summed E-state index contributed by atoms with van der Waals surface area (Å²) in [6.07, 6.45) is 4.72. The summed E-state index contributed by atoms with van der Waals surface area (Å²) in [6.45, 7) is 1.84. The van der Waals surface area contributed by atoms with Crippen molar-refractivity contribution in [3.05, 3.63) is 18.5 Å². The predicted molar refractivity (Wildman–Crippen MR) is 55.7 cm³/mol. The molecule has 0 bridgehead atoms. The Balaban J connectivity index is 1.87. The van der Waals surface area contributed by atoms with Crippen molar-refractivity contribution in [1.82, 2.24) is 10.3 Å². The van der Waals surface area contributed by atoms with Gasteiger partial charge in [-0.1, -0.05) is 0 Å². The van der Waals surface area contributed by atoms with Gasteiger partial charge < -0.3 is 15.4 Å². The first-order chi connectivity index (χ1) is 6.88. The van der Waals surface area contributed by atoms with E-state index in [1.807, 2.05) is 13.1 Å². The maximum Gasteiger partial charge on any atom is 0.139 e. The highest BCUT2D eigenvalue weighted by Crippen LogP contribution is 2.15.